The van der Waals surface area contributed by atoms with Gasteiger partial charge in [-0.05, 0) is 74.5 Å². The number of carbonyl (C=O) groups is 1. The Kier molecular flexibility index (Phi) is 5.60. The lowest BCUT2D eigenvalue weighted by atomic mass is 9.83. The molecular formula is C26H28N2O3. The van der Waals surface area contributed by atoms with Gasteiger partial charge in [-0.25, -0.2) is 4.79 Å². The van der Waals surface area contributed by atoms with E-state index in [-0.39, 0.29) is 5.91 Å². The third kappa shape index (κ3) is 4.15. The Balaban J connectivity index is 1.32. The molecule has 31 heavy (non-hydrogen) atoms. The number of piperidine rings is 2. The minimum Gasteiger partial charge on any atom is -0.422 e. The van der Waals surface area contributed by atoms with E-state index in [4.69, 9.17) is 4.42 Å². The highest BCUT2D eigenvalue weighted by Crippen LogP contribution is 2.30. The van der Waals surface area contributed by atoms with Crippen molar-refractivity contribution in [2.75, 3.05) is 19.6 Å². The summed E-state index contributed by atoms with van der Waals surface area (Å²) < 4.78 is 5.46. The van der Waals surface area contributed by atoms with Gasteiger partial charge >= 0.3 is 5.63 Å². The monoisotopic (exact) mass is 416 g/mol. The molecule has 2 fully saturated rings. The molecule has 5 heteroatoms. The van der Waals surface area contributed by atoms with Crippen LogP contribution in [0.4, 0.5) is 0 Å². The van der Waals surface area contributed by atoms with E-state index in [2.05, 4.69) is 10.2 Å². The highest BCUT2D eigenvalue weighted by molar-refractivity contribution is 5.95. The van der Waals surface area contributed by atoms with E-state index in [0.29, 0.717) is 40.8 Å². The van der Waals surface area contributed by atoms with Crippen molar-refractivity contribution in [2.45, 2.75) is 38.1 Å². The van der Waals surface area contributed by atoms with Crippen LogP contribution in [0.15, 0.2) is 63.8 Å². The molecule has 2 aliphatic heterocycles. The van der Waals surface area contributed by atoms with Gasteiger partial charge in [-0.1, -0.05) is 36.8 Å². The molecule has 2 aromatic carbocycles. The molecule has 0 aliphatic carbocycles. The second kappa shape index (κ2) is 8.67. The number of carbonyl (C=O) groups excluding carboxylic acids is 1. The Bertz CT molecular complexity index is 1150. The van der Waals surface area contributed by atoms with Crippen molar-refractivity contribution in [3.63, 3.8) is 0 Å². The summed E-state index contributed by atoms with van der Waals surface area (Å²) in [7, 11) is 0. The van der Waals surface area contributed by atoms with Crippen LogP contribution in [-0.2, 0) is 0 Å². The van der Waals surface area contributed by atoms with Crippen molar-refractivity contribution in [3.05, 3.63) is 70.6 Å². The summed E-state index contributed by atoms with van der Waals surface area (Å²) in [4.78, 5) is 28.0. The molecule has 2 aliphatic rings. The smallest absolute Gasteiger partial charge is 0.344 e. The number of hydrogen-bond acceptors (Lipinski definition) is 4. The van der Waals surface area contributed by atoms with E-state index in [1.54, 1.807) is 18.2 Å². The van der Waals surface area contributed by atoms with Gasteiger partial charge in [-0.15, -0.1) is 0 Å². The molecule has 0 saturated carbocycles. The van der Waals surface area contributed by atoms with E-state index < -0.39 is 5.63 Å². The second-order valence-electron chi connectivity index (χ2n) is 8.78. The van der Waals surface area contributed by atoms with Crippen LogP contribution in [0.2, 0.25) is 0 Å². The number of para-hydroxylation sites is 1. The zero-order chi connectivity index (χ0) is 21.2. The Morgan fingerprint density at radius 3 is 2.81 bits per heavy atom. The first-order chi connectivity index (χ1) is 15.2. The van der Waals surface area contributed by atoms with Crippen molar-refractivity contribution in [1.82, 2.24) is 10.2 Å². The normalized spacial score (nSPS) is 21.5. The average molecular weight is 417 g/mol. The average Bonchev–Trinajstić information content (AvgIpc) is 2.82. The molecule has 5 rings (SSSR count). The van der Waals surface area contributed by atoms with E-state index >= 15 is 0 Å². The number of rotatable bonds is 4. The Morgan fingerprint density at radius 2 is 1.87 bits per heavy atom. The third-order valence-corrected chi connectivity index (χ3v) is 6.83. The zero-order valence-corrected chi connectivity index (χ0v) is 17.7. The van der Waals surface area contributed by atoms with Crippen LogP contribution >= 0.6 is 0 Å². The largest absolute Gasteiger partial charge is 0.422 e. The maximum absolute atomic E-state index is 12.9. The summed E-state index contributed by atoms with van der Waals surface area (Å²) in [6.45, 7) is 3.11. The first kappa shape index (κ1) is 20.0. The zero-order valence-electron chi connectivity index (χ0n) is 17.7. The molecule has 2 saturated heterocycles. The summed E-state index contributed by atoms with van der Waals surface area (Å²) in [6.07, 6.45) is 6.23. The minimum absolute atomic E-state index is 0.0834. The fourth-order valence-corrected chi connectivity index (χ4v) is 5.23. The van der Waals surface area contributed by atoms with Gasteiger partial charge in [0, 0.05) is 23.5 Å². The van der Waals surface area contributed by atoms with Gasteiger partial charge in [0.25, 0.3) is 5.91 Å². The van der Waals surface area contributed by atoms with Crippen molar-refractivity contribution < 1.29 is 9.21 Å². The lowest BCUT2D eigenvalue weighted by Crippen LogP contribution is -2.51. The highest BCUT2D eigenvalue weighted by atomic mass is 16.4. The van der Waals surface area contributed by atoms with Crippen LogP contribution in [-0.4, -0.2) is 36.5 Å². The minimum atomic E-state index is -0.393. The molecule has 3 aromatic rings. The van der Waals surface area contributed by atoms with E-state index in [1.165, 1.54) is 45.2 Å². The van der Waals surface area contributed by atoms with Crippen molar-refractivity contribution in [1.29, 1.82) is 0 Å². The molecule has 0 radical (unpaired) electrons. The summed E-state index contributed by atoms with van der Waals surface area (Å²) in [5, 5.41) is 4.02. The van der Waals surface area contributed by atoms with Crippen molar-refractivity contribution in [2.24, 2.45) is 5.92 Å². The second-order valence-corrected chi connectivity index (χ2v) is 8.78. The number of fused-ring (bicyclic) bond motifs is 2. The number of hydrogen-bond donors (Lipinski definition) is 1. The molecule has 0 spiro atoms. The van der Waals surface area contributed by atoms with E-state index in [0.717, 1.165) is 5.39 Å². The van der Waals surface area contributed by atoms with Crippen LogP contribution in [0.5, 0.6) is 0 Å². The molecule has 1 N–H and O–H groups in total. The van der Waals surface area contributed by atoms with E-state index in [9.17, 15) is 9.59 Å². The first-order valence-corrected chi connectivity index (χ1v) is 11.3. The molecule has 2 atom stereocenters. The molecule has 1 aromatic heterocycles. The number of amides is 1. The number of benzene rings is 2. The Morgan fingerprint density at radius 1 is 1.00 bits per heavy atom. The van der Waals surface area contributed by atoms with Crippen LogP contribution < -0.4 is 10.9 Å². The molecule has 1 amide bonds. The lowest BCUT2D eigenvalue weighted by Gasteiger charge is -2.44. The quantitative estimate of drug-likeness (QED) is 0.638. The molecule has 0 unspecified atom stereocenters. The summed E-state index contributed by atoms with van der Waals surface area (Å²) >= 11 is 0. The molecule has 0 bridgehead atoms. The fraction of sp³-hybridized carbons (Fsp3) is 0.385. The van der Waals surface area contributed by atoms with Crippen molar-refractivity contribution in [3.8, 4) is 11.1 Å². The van der Waals surface area contributed by atoms with Crippen LogP contribution in [0.1, 0.15) is 42.5 Å². The summed E-state index contributed by atoms with van der Waals surface area (Å²) in [5.41, 5.74) is 1.91. The lowest BCUT2D eigenvalue weighted by molar-refractivity contribution is 0.0575. The van der Waals surface area contributed by atoms with Gasteiger partial charge in [-0.2, -0.15) is 0 Å². The molecule has 160 valence electrons. The maximum Gasteiger partial charge on any atom is 0.344 e. The predicted octanol–water partition coefficient (Wildman–Crippen LogP) is 4.45. The summed E-state index contributed by atoms with van der Waals surface area (Å²) in [6, 6.07) is 17.1. The fourth-order valence-electron chi connectivity index (χ4n) is 5.23. The Labute approximate surface area is 182 Å². The van der Waals surface area contributed by atoms with Gasteiger partial charge < -0.3 is 14.6 Å². The van der Waals surface area contributed by atoms with Gasteiger partial charge in [-0.3, -0.25) is 4.79 Å². The van der Waals surface area contributed by atoms with E-state index in [1.807, 2.05) is 36.4 Å². The summed E-state index contributed by atoms with van der Waals surface area (Å²) in [5.74, 6) is 0.439. The SMILES string of the molecule is O=C(NC[C@@H]1CCCN2CCCC[C@H]12)c1cccc(-c2cc3ccccc3oc2=O)c1. The molecule has 3 heterocycles. The standard InChI is InChI=1S/C26H28N2O3/c29-25(27-17-21-10-6-14-28-13-4-3-11-23(21)28)20-9-5-8-18(15-20)22-16-19-7-1-2-12-24(19)31-26(22)30/h1-2,5,7-9,12,15-16,21,23H,3-4,6,10-11,13-14,17H2,(H,27,29)/t21-,23+/m0/s1. The van der Waals surface area contributed by atoms with Gasteiger partial charge in [0.2, 0.25) is 0 Å². The van der Waals surface area contributed by atoms with Gasteiger partial charge in [0.1, 0.15) is 5.58 Å². The van der Waals surface area contributed by atoms with Gasteiger partial charge in [0.05, 0.1) is 5.56 Å². The number of nitrogens with one attached hydrogen (secondary N) is 1. The first-order valence-electron chi connectivity index (χ1n) is 11.3. The van der Waals surface area contributed by atoms with Crippen molar-refractivity contribution >= 4 is 16.9 Å². The van der Waals surface area contributed by atoms with Crippen LogP contribution in [0, 0.1) is 5.92 Å². The third-order valence-electron chi connectivity index (χ3n) is 6.83. The Hall–Kier alpha value is -2.92. The number of nitrogens with zero attached hydrogens (tertiary/aromatic N) is 1. The molecular weight excluding hydrogens is 388 g/mol. The highest BCUT2D eigenvalue weighted by Gasteiger charge is 2.32. The van der Waals surface area contributed by atoms with Crippen LogP contribution in [0.25, 0.3) is 22.1 Å². The van der Waals surface area contributed by atoms with Gasteiger partial charge in [0.15, 0.2) is 0 Å². The van der Waals surface area contributed by atoms with Crippen LogP contribution in [0.3, 0.4) is 0 Å². The topological polar surface area (TPSA) is 62.6 Å². The maximum atomic E-state index is 12.9. The molecule has 5 nitrogen and oxygen atoms in total. The predicted molar refractivity (Wildman–Crippen MR) is 122 cm³/mol.